The third kappa shape index (κ3) is 16.7. The van der Waals surface area contributed by atoms with Crippen molar-refractivity contribution in [2.75, 3.05) is 13.2 Å². The molecule has 2 N–H and O–H groups in total. The van der Waals surface area contributed by atoms with Gasteiger partial charge in [-0.1, -0.05) is 124 Å². The smallest absolute Gasteiger partial charge is 0.312 e. The Hall–Kier alpha value is -1.14. The van der Waals surface area contributed by atoms with Gasteiger partial charge in [-0.3, -0.25) is 9.59 Å². The Morgan fingerprint density at radius 2 is 1.18 bits per heavy atom. The Bertz CT molecular complexity index is 574. The summed E-state index contributed by atoms with van der Waals surface area (Å²) in [5.74, 6) is -2.44. The first-order chi connectivity index (χ1) is 18.3. The average molecular weight is 541 g/mol. The lowest BCUT2D eigenvalue weighted by Crippen LogP contribution is -2.46. The van der Waals surface area contributed by atoms with Crippen LogP contribution in [0.1, 0.15) is 150 Å². The van der Waals surface area contributed by atoms with E-state index < -0.39 is 42.1 Å². The quantitative estimate of drug-likeness (QED) is 0.0867. The van der Waals surface area contributed by atoms with E-state index in [0.717, 1.165) is 70.6 Å². The molecule has 0 fully saturated rings. The van der Waals surface area contributed by atoms with Crippen LogP contribution in [0.2, 0.25) is 0 Å². The van der Waals surface area contributed by atoms with Crippen LogP contribution in [-0.2, 0) is 19.1 Å². The van der Waals surface area contributed by atoms with Gasteiger partial charge < -0.3 is 19.7 Å². The second-order valence-corrected chi connectivity index (χ2v) is 11.1. The minimum absolute atomic E-state index is 0.246. The molecule has 0 aliphatic heterocycles. The first-order valence-corrected chi connectivity index (χ1v) is 15.7. The van der Waals surface area contributed by atoms with Crippen LogP contribution in [0, 0.1) is 18.8 Å². The summed E-state index contributed by atoms with van der Waals surface area (Å²) in [6.45, 7) is 13.5. The molecule has 6 heteroatoms. The second-order valence-electron chi connectivity index (χ2n) is 11.1. The van der Waals surface area contributed by atoms with Crippen molar-refractivity contribution < 1.29 is 29.3 Å². The van der Waals surface area contributed by atoms with E-state index in [-0.39, 0.29) is 13.0 Å². The predicted molar refractivity (Wildman–Crippen MR) is 155 cm³/mol. The number of esters is 2. The Morgan fingerprint density at radius 1 is 0.711 bits per heavy atom. The maximum absolute atomic E-state index is 13.3. The monoisotopic (exact) mass is 540 g/mol. The SMILES string of the molecule is [CH]C(CCCCCC)C(=O)OCC(CC)(CO)OC(=O)C(CCCCCCCCC)C(O)CCCCCC. The fourth-order valence-corrected chi connectivity index (χ4v) is 4.67. The van der Waals surface area contributed by atoms with Crippen molar-refractivity contribution in [2.24, 2.45) is 11.8 Å². The Kier molecular flexibility index (Phi) is 23.0. The van der Waals surface area contributed by atoms with E-state index in [2.05, 4.69) is 20.8 Å². The summed E-state index contributed by atoms with van der Waals surface area (Å²) < 4.78 is 11.3. The lowest BCUT2D eigenvalue weighted by atomic mass is 9.91. The zero-order chi connectivity index (χ0) is 28.7. The van der Waals surface area contributed by atoms with Gasteiger partial charge in [-0.05, 0) is 32.6 Å². The largest absolute Gasteiger partial charge is 0.461 e. The third-order valence-electron chi connectivity index (χ3n) is 7.64. The summed E-state index contributed by atoms with van der Waals surface area (Å²) in [4.78, 5) is 25.8. The van der Waals surface area contributed by atoms with E-state index >= 15 is 0 Å². The number of aliphatic hydroxyl groups is 2. The molecule has 0 heterocycles. The van der Waals surface area contributed by atoms with Crippen LogP contribution >= 0.6 is 0 Å². The van der Waals surface area contributed by atoms with Gasteiger partial charge in [0.2, 0.25) is 0 Å². The van der Waals surface area contributed by atoms with Crippen LogP contribution in [-0.4, -0.2) is 47.1 Å². The topological polar surface area (TPSA) is 93.1 Å². The van der Waals surface area contributed by atoms with Gasteiger partial charge in [-0.15, -0.1) is 0 Å². The molecule has 0 aromatic rings. The summed E-state index contributed by atoms with van der Waals surface area (Å²) in [7, 11) is 0. The number of carbonyl (C=O) groups is 2. The highest BCUT2D eigenvalue weighted by molar-refractivity contribution is 5.74. The van der Waals surface area contributed by atoms with Crippen LogP contribution in [0.3, 0.4) is 0 Å². The van der Waals surface area contributed by atoms with E-state index in [9.17, 15) is 19.8 Å². The minimum atomic E-state index is -1.34. The van der Waals surface area contributed by atoms with Crippen LogP contribution in [0.15, 0.2) is 0 Å². The van der Waals surface area contributed by atoms with Gasteiger partial charge >= 0.3 is 11.9 Å². The normalized spacial score (nSPS) is 15.4. The fourth-order valence-electron chi connectivity index (χ4n) is 4.67. The lowest BCUT2D eigenvalue weighted by molar-refractivity contribution is -0.187. The number of hydrogen-bond donors (Lipinski definition) is 2. The zero-order valence-corrected chi connectivity index (χ0v) is 25.2. The number of carbonyl (C=O) groups excluding carboxylic acids is 2. The molecule has 4 unspecified atom stereocenters. The molecule has 0 aliphatic rings. The van der Waals surface area contributed by atoms with Gasteiger partial charge in [0.15, 0.2) is 5.60 Å². The van der Waals surface area contributed by atoms with E-state index in [1.807, 2.05) is 0 Å². The molecule has 0 aromatic carbocycles. The highest BCUT2D eigenvalue weighted by atomic mass is 16.6. The lowest BCUT2D eigenvalue weighted by Gasteiger charge is -2.33. The highest BCUT2D eigenvalue weighted by Crippen LogP contribution is 2.26. The van der Waals surface area contributed by atoms with Gasteiger partial charge in [0.05, 0.1) is 24.5 Å². The van der Waals surface area contributed by atoms with Crippen molar-refractivity contribution in [2.45, 2.75) is 161 Å². The number of rotatable bonds is 26. The van der Waals surface area contributed by atoms with E-state index in [1.54, 1.807) is 6.92 Å². The predicted octanol–water partition coefficient (Wildman–Crippen LogP) is 7.60. The Morgan fingerprint density at radius 3 is 1.71 bits per heavy atom. The van der Waals surface area contributed by atoms with Gasteiger partial charge in [-0.2, -0.15) is 0 Å². The van der Waals surface area contributed by atoms with Crippen molar-refractivity contribution in [3.05, 3.63) is 6.92 Å². The summed E-state index contributed by atoms with van der Waals surface area (Å²) in [6, 6.07) is 0. The van der Waals surface area contributed by atoms with Gasteiger partial charge in [-0.25, -0.2) is 0 Å². The molecule has 0 saturated heterocycles. The van der Waals surface area contributed by atoms with Crippen molar-refractivity contribution >= 4 is 11.9 Å². The minimum Gasteiger partial charge on any atom is -0.461 e. The maximum atomic E-state index is 13.3. The standard InChI is InChI=1S/C32H60O6/c1-6-10-13-16-17-18-20-23-28(29(34)24-21-15-12-8-3)31(36)38-32(9-4,25-33)26-37-30(35)27(5)22-19-14-11-7-2/h5,27-29,33-34H,6-26H2,1-4H3. The van der Waals surface area contributed by atoms with Crippen LogP contribution in [0.5, 0.6) is 0 Å². The number of hydrogen-bond acceptors (Lipinski definition) is 6. The summed E-state index contributed by atoms with van der Waals surface area (Å²) in [5, 5.41) is 21.1. The molecule has 2 radical (unpaired) electrons. The van der Waals surface area contributed by atoms with Crippen LogP contribution in [0.25, 0.3) is 0 Å². The number of aliphatic hydroxyl groups excluding tert-OH is 2. The molecule has 0 amide bonds. The maximum Gasteiger partial charge on any atom is 0.312 e. The molecule has 0 bridgehead atoms. The number of ether oxygens (including phenoxy) is 2. The summed E-state index contributed by atoms with van der Waals surface area (Å²) in [5.41, 5.74) is -1.34. The highest BCUT2D eigenvalue weighted by Gasteiger charge is 2.38. The van der Waals surface area contributed by atoms with Crippen molar-refractivity contribution in [3.8, 4) is 0 Å². The molecular weight excluding hydrogens is 480 g/mol. The second kappa shape index (κ2) is 23.7. The molecule has 0 spiro atoms. The van der Waals surface area contributed by atoms with Crippen molar-refractivity contribution in [1.29, 1.82) is 0 Å². The zero-order valence-electron chi connectivity index (χ0n) is 25.2. The van der Waals surface area contributed by atoms with Gasteiger partial charge in [0.1, 0.15) is 6.61 Å². The molecule has 224 valence electrons. The molecule has 0 aliphatic carbocycles. The molecule has 0 saturated carbocycles. The van der Waals surface area contributed by atoms with Crippen LogP contribution in [0.4, 0.5) is 0 Å². The van der Waals surface area contributed by atoms with Gasteiger partial charge in [0, 0.05) is 0 Å². The number of unbranched alkanes of at least 4 members (excludes halogenated alkanes) is 12. The molecule has 38 heavy (non-hydrogen) atoms. The molecule has 6 nitrogen and oxygen atoms in total. The molecule has 0 rings (SSSR count). The van der Waals surface area contributed by atoms with E-state index in [0.29, 0.717) is 19.3 Å². The summed E-state index contributed by atoms with van der Waals surface area (Å²) in [6.07, 6.45) is 17.2. The first-order valence-electron chi connectivity index (χ1n) is 15.7. The van der Waals surface area contributed by atoms with Crippen LogP contribution < -0.4 is 0 Å². The van der Waals surface area contributed by atoms with Crippen molar-refractivity contribution in [3.63, 3.8) is 0 Å². The van der Waals surface area contributed by atoms with Gasteiger partial charge in [0.25, 0.3) is 0 Å². The Balaban J connectivity index is 5.09. The first kappa shape index (κ1) is 36.9. The molecular formula is C32H60O6. The van der Waals surface area contributed by atoms with Crippen molar-refractivity contribution in [1.82, 2.24) is 0 Å². The average Bonchev–Trinajstić information content (AvgIpc) is 2.92. The fraction of sp³-hybridized carbons (Fsp3) is 0.906. The van der Waals surface area contributed by atoms with E-state index in [1.165, 1.54) is 25.7 Å². The molecule has 4 atom stereocenters. The summed E-state index contributed by atoms with van der Waals surface area (Å²) >= 11 is 0. The molecule has 0 aromatic heterocycles. The van der Waals surface area contributed by atoms with E-state index in [4.69, 9.17) is 16.4 Å². The Labute approximate surface area is 234 Å². The third-order valence-corrected chi connectivity index (χ3v) is 7.64.